The highest BCUT2D eigenvalue weighted by Gasteiger charge is 2.29. The van der Waals surface area contributed by atoms with Crippen LogP contribution in [-0.2, 0) is 4.74 Å². The van der Waals surface area contributed by atoms with E-state index in [1.807, 2.05) is 45.0 Å². The summed E-state index contributed by atoms with van der Waals surface area (Å²) in [5, 5.41) is 0. The first-order valence-corrected chi connectivity index (χ1v) is 7.90. The van der Waals surface area contributed by atoms with Gasteiger partial charge >= 0.3 is 6.09 Å². The lowest BCUT2D eigenvalue weighted by Crippen LogP contribution is -2.50. The van der Waals surface area contributed by atoms with E-state index in [2.05, 4.69) is 22.9 Å². The number of aromatic nitrogens is 1. The van der Waals surface area contributed by atoms with E-state index >= 15 is 0 Å². The van der Waals surface area contributed by atoms with Crippen LogP contribution < -0.4 is 4.90 Å². The molecule has 1 fully saturated rings. The van der Waals surface area contributed by atoms with E-state index in [0.29, 0.717) is 6.54 Å². The zero-order valence-electron chi connectivity index (χ0n) is 14.3. The van der Waals surface area contributed by atoms with E-state index in [9.17, 15) is 4.79 Å². The van der Waals surface area contributed by atoms with Crippen molar-refractivity contribution in [3.8, 4) is 0 Å². The summed E-state index contributed by atoms with van der Waals surface area (Å²) in [5.74, 6) is 0.955. The lowest BCUT2D eigenvalue weighted by Gasteiger charge is -2.38. The highest BCUT2D eigenvalue weighted by atomic mass is 16.6. The van der Waals surface area contributed by atoms with E-state index in [-0.39, 0.29) is 12.1 Å². The average Bonchev–Trinajstić information content (AvgIpc) is 2.45. The molecule has 1 amide bonds. The van der Waals surface area contributed by atoms with Crippen molar-refractivity contribution in [1.82, 2.24) is 9.88 Å². The summed E-state index contributed by atoms with van der Waals surface area (Å²) < 4.78 is 5.48. The summed E-state index contributed by atoms with van der Waals surface area (Å²) in [6.45, 7) is 9.20. The maximum absolute atomic E-state index is 12.2. The minimum absolute atomic E-state index is 0.220. The quantitative estimate of drug-likeness (QED) is 0.841. The van der Waals surface area contributed by atoms with Crippen molar-refractivity contribution in [2.45, 2.75) is 52.2 Å². The van der Waals surface area contributed by atoms with E-state index in [0.717, 1.165) is 25.2 Å². The van der Waals surface area contributed by atoms with Gasteiger partial charge < -0.3 is 14.5 Å². The molecular weight excluding hydrogens is 278 g/mol. The van der Waals surface area contributed by atoms with Crippen LogP contribution in [0.4, 0.5) is 10.6 Å². The fourth-order valence-corrected chi connectivity index (χ4v) is 2.66. The van der Waals surface area contributed by atoms with Gasteiger partial charge in [-0.05, 0) is 58.2 Å². The third kappa shape index (κ3) is 4.36. The summed E-state index contributed by atoms with van der Waals surface area (Å²) in [5.41, 5.74) is 0.741. The standard InChI is InChI=1S/C17H27N3O2/c1-13-8-9-18-15(11-13)19(5)14-7-6-10-20(12-14)16(21)22-17(2,3)4/h8-9,11,14H,6-7,10,12H2,1-5H3/t14-/m0/s1. The average molecular weight is 305 g/mol. The topological polar surface area (TPSA) is 45.7 Å². The second-order valence-electron chi connectivity index (χ2n) is 7.02. The molecule has 1 aliphatic rings. The molecule has 1 aliphatic heterocycles. The Morgan fingerprint density at radius 3 is 2.82 bits per heavy atom. The molecule has 0 unspecified atom stereocenters. The first-order valence-electron chi connectivity index (χ1n) is 7.90. The van der Waals surface area contributed by atoms with Gasteiger partial charge in [-0.25, -0.2) is 9.78 Å². The lowest BCUT2D eigenvalue weighted by atomic mass is 10.0. The van der Waals surface area contributed by atoms with Crippen molar-refractivity contribution in [3.05, 3.63) is 23.9 Å². The van der Waals surface area contributed by atoms with Crippen LogP contribution in [0, 0.1) is 6.92 Å². The lowest BCUT2D eigenvalue weighted by molar-refractivity contribution is 0.0199. The molecule has 1 saturated heterocycles. The third-order valence-corrected chi connectivity index (χ3v) is 3.86. The molecule has 0 radical (unpaired) electrons. The van der Waals surface area contributed by atoms with Crippen molar-refractivity contribution >= 4 is 11.9 Å². The summed E-state index contributed by atoms with van der Waals surface area (Å²) >= 11 is 0. The van der Waals surface area contributed by atoms with Crippen molar-refractivity contribution in [2.24, 2.45) is 0 Å². The molecule has 0 aromatic carbocycles. The van der Waals surface area contributed by atoms with Crippen molar-refractivity contribution < 1.29 is 9.53 Å². The number of piperidine rings is 1. The Bertz CT molecular complexity index is 525. The zero-order valence-corrected chi connectivity index (χ0v) is 14.3. The predicted molar refractivity (Wildman–Crippen MR) is 88.2 cm³/mol. The van der Waals surface area contributed by atoms with Crippen LogP contribution in [0.3, 0.4) is 0 Å². The molecule has 1 aromatic rings. The number of pyridine rings is 1. The molecule has 1 aromatic heterocycles. The van der Waals surface area contributed by atoms with Crippen LogP contribution in [0.15, 0.2) is 18.3 Å². The second kappa shape index (κ2) is 6.55. The highest BCUT2D eigenvalue weighted by Crippen LogP contribution is 2.22. The van der Waals surface area contributed by atoms with Gasteiger partial charge in [0.25, 0.3) is 0 Å². The third-order valence-electron chi connectivity index (χ3n) is 3.86. The Morgan fingerprint density at radius 2 is 2.18 bits per heavy atom. The van der Waals surface area contributed by atoms with Crippen molar-refractivity contribution in [1.29, 1.82) is 0 Å². The first kappa shape index (κ1) is 16.6. The van der Waals surface area contributed by atoms with E-state index in [1.54, 1.807) is 0 Å². The number of amides is 1. The van der Waals surface area contributed by atoms with Gasteiger partial charge in [0, 0.05) is 32.4 Å². The predicted octanol–water partition coefficient (Wildman–Crippen LogP) is 3.23. The van der Waals surface area contributed by atoms with Crippen molar-refractivity contribution in [2.75, 3.05) is 25.0 Å². The van der Waals surface area contributed by atoms with E-state index < -0.39 is 5.60 Å². The van der Waals surface area contributed by atoms with Gasteiger partial charge in [0.05, 0.1) is 0 Å². The van der Waals surface area contributed by atoms with Crippen molar-refractivity contribution in [3.63, 3.8) is 0 Å². The maximum atomic E-state index is 12.2. The number of carbonyl (C=O) groups excluding carboxylic acids is 1. The molecule has 0 saturated carbocycles. The van der Waals surface area contributed by atoms with Gasteiger partial charge in [-0.15, -0.1) is 0 Å². The number of anilines is 1. The summed E-state index contributed by atoms with van der Waals surface area (Å²) in [4.78, 5) is 20.7. The number of ether oxygens (including phenoxy) is 1. The SMILES string of the molecule is Cc1ccnc(N(C)[C@H]2CCCN(C(=O)OC(C)(C)C)C2)c1. The van der Waals surface area contributed by atoms with Gasteiger partial charge in [0.2, 0.25) is 0 Å². The Hall–Kier alpha value is -1.78. The molecular formula is C17H27N3O2. The zero-order chi connectivity index (χ0) is 16.3. The number of rotatable bonds is 2. The number of nitrogens with zero attached hydrogens (tertiary/aromatic N) is 3. The van der Waals surface area contributed by atoms with Crippen LogP contribution in [0.5, 0.6) is 0 Å². The number of carbonyl (C=O) groups is 1. The molecule has 2 rings (SSSR count). The Kier molecular flexibility index (Phi) is 4.94. The fraction of sp³-hybridized carbons (Fsp3) is 0.647. The number of aryl methyl sites for hydroxylation is 1. The summed E-state index contributed by atoms with van der Waals surface area (Å²) in [7, 11) is 2.05. The second-order valence-corrected chi connectivity index (χ2v) is 7.02. The minimum atomic E-state index is -0.450. The van der Waals surface area contributed by atoms with E-state index in [1.165, 1.54) is 5.56 Å². The summed E-state index contributed by atoms with van der Waals surface area (Å²) in [6.07, 6.45) is 3.66. The number of hydrogen-bond donors (Lipinski definition) is 0. The molecule has 0 spiro atoms. The van der Waals surface area contributed by atoms with Crippen LogP contribution in [0.25, 0.3) is 0 Å². The molecule has 5 heteroatoms. The molecule has 2 heterocycles. The van der Waals surface area contributed by atoms with Gasteiger partial charge in [-0.3, -0.25) is 0 Å². The minimum Gasteiger partial charge on any atom is -0.444 e. The van der Waals surface area contributed by atoms with Crippen LogP contribution in [-0.4, -0.2) is 47.8 Å². The highest BCUT2D eigenvalue weighted by molar-refractivity contribution is 5.68. The fourth-order valence-electron chi connectivity index (χ4n) is 2.66. The monoisotopic (exact) mass is 305 g/mol. The molecule has 1 atom stereocenters. The van der Waals surface area contributed by atoms with Gasteiger partial charge in [-0.2, -0.15) is 0 Å². The Balaban J connectivity index is 2.02. The number of likely N-dealkylation sites (tertiary alicyclic amines) is 1. The van der Waals surface area contributed by atoms with Crippen LogP contribution >= 0.6 is 0 Å². The molecule has 0 N–H and O–H groups in total. The summed E-state index contributed by atoms with van der Waals surface area (Å²) in [6, 6.07) is 4.34. The largest absolute Gasteiger partial charge is 0.444 e. The molecule has 0 bridgehead atoms. The van der Waals surface area contributed by atoms with Gasteiger partial charge in [0.1, 0.15) is 11.4 Å². The smallest absolute Gasteiger partial charge is 0.410 e. The Labute approximate surface area is 133 Å². The van der Waals surface area contributed by atoms with Gasteiger partial charge in [-0.1, -0.05) is 0 Å². The molecule has 5 nitrogen and oxygen atoms in total. The van der Waals surface area contributed by atoms with Gasteiger partial charge in [0.15, 0.2) is 0 Å². The number of hydrogen-bond acceptors (Lipinski definition) is 4. The molecule has 22 heavy (non-hydrogen) atoms. The normalized spacial score (nSPS) is 19.0. The van der Waals surface area contributed by atoms with E-state index in [4.69, 9.17) is 4.74 Å². The maximum Gasteiger partial charge on any atom is 0.410 e. The van der Waals surface area contributed by atoms with Crippen LogP contribution in [0.2, 0.25) is 0 Å². The molecule has 0 aliphatic carbocycles. The first-order chi connectivity index (χ1) is 10.3. The molecule has 122 valence electrons. The number of likely N-dealkylation sites (N-methyl/N-ethyl adjacent to an activating group) is 1. The Morgan fingerprint density at radius 1 is 1.45 bits per heavy atom. The van der Waals surface area contributed by atoms with Crippen LogP contribution in [0.1, 0.15) is 39.2 Å².